The minimum absolute atomic E-state index is 0.223. The van der Waals surface area contributed by atoms with Crippen LogP contribution in [-0.2, 0) is 76.3 Å². The zero-order chi connectivity index (χ0) is 106. The molecule has 0 aliphatic heterocycles. The molecule has 794 valence electrons. The van der Waals surface area contributed by atoms with E-state index in [0.29, 0.717) is 58.4 Å². The normalized spacial score (nSPS) is 12.5. The first-order valence-electron chi connectivity index (χ1n) is 52.6. The Morgan fingerprint density at radius 1 is 0.237 bits per heavy atom. The Morgan fingerprint density at radius 2 is 0.417 bits per heavy atom. The summed E-state index contributed by atoms with van der Waals surface area (Å²) in [6.45, 7) is 83.7. The number of carbonyl (C=O) groups is 8. The van der Waals surface area contributed by atoms with Crippen LogP contribution in [0.4, 0.5) is 0 Å². The number of hydrogen-bond acceptors (Lipinski definition) is 16. The Morgan fingerprint density at radius 3 is 0.590 bits per heavy atom. The van der Waals surface area contributed by atoms with E-state index in [1.54, 1.807) is 56.4 Å². The molecule has 0 aliphatic carbocycles. The lowest BCUT2D eigenvalue weighted by Gasteiger charge is -2.37. The fourth-order valence-electron chi connectivity index (χ4n) is 15.4. The molecule has 0 saturated carbocycles. The van der Waals surface area contributed by atoms with Crippen LogP contribution in [0.2, 0.25) is 0 Å². The third-order valence-corrected chi connectivity index (χ3v) is 24.9. The molecule has 2 unspecified atom stereocenters. The molecule has 0 amide bonds. The molecule has 0 aromatic heterocycles. The van der Waals surface area contributed by atoms with Gasteiger partial charge < -0.3 is 73.8 Å². The quantitative estimate of drug-likeness (QED) is 0.0223. The Hall–Kier alpha value is -8.98. The zero-order valence-corrected chi connectivity index (χ0v) is 93.7. The summed E-state index contributed by atoms with van der Waals surface area (Å²) in [6, 6.07) is 29.2. The van der Waals surface area contributed by atoms with Gasteiger partial charge in [-0.3, -0.25) is 0 Å². The number of esters is 8. The van der Waals surface area contributed by atoms with E-state index in [2.05, 4.69) is 173 Å². The van der Waals surface area contributed by atoms with E-state index in [0.717, 1.165) is 196 Å². The van der Waals surface area contributed by atoms with E-state index in [-0.39, 0.29) is 47.8 Å². The van der Waals surface area contributed by atoms with Gasteiger partial charge in [-0.1, -0.05) is 190 Å². The number of likely N-dealkylation sites (N-methyl/N-ethyl adjacent to an activating group) is 8. The van der Waals surface area contributed by atoms with Gasteiger partial charge in [-0.05, 0) is 190 Å². The van der Waals surface area contributed by atoms with Gasteiger partial charge in [0.25, 0.3) is 0 Å². The molecule has 24 heteroatoms. The van der Waals surface area contributed by atoms with Gasteiger partial charge in [-0.2, -0.15) is 0 Å². The topological polar surface area (TPSA) is 210 Å². The lowest BCUT2D eigenvalue weighted by molar-refractivity contribution is -0.927. The van der Waals surface area contributed by atoms with E-state index in [1.807, 2.05) is 112 Å². The van der Waals surface area contributed by atoms with Gasteiger partial charge in [0.1, 0.15) is 105 Å². The molecule has 0 spiro atoms. The standard InChI is InChI=1S/C19H30NO2.C17H26NO2.2C15H30NO2.C14H20NO2.C14H28NO2.C12H24NO2.C9H18NO2/c1-4-14-20(6-3,15-5-2)16-17-22-19(21)13-12-18-10-8-7-9-11-18;1-4-18(5-2,6-3)14-15-20-17(19)13-12-16-10-8-7-9-11-16;1-6-9-11-16(8-3,10-7-2)12-13-18-15(17)14(4)5;1-5-9-12-16(8-4,11-7-3)13-14-18-15(17)10-6-2;1-15(2,3)11-12-17-14(16)10-9-13-7-5-4-6-8-13;1-5-9-14(16)17-13-12-15(8-4,10-6-2)11-7-3;1-5-9-12(14)15-11-10-13(6-2,7-3)8-4;1-5-6-9(11)12-8-7-10(2,3)4/h7-13H,4-6,14-17H2,1-3H3;7-13H,4-6,14-15H2,1-3H3;4,6-13H2,1-3,5H3;6,10H,5,7-9,11-14H2,1-4H3;4-10H,11-12H2,1-3H3;5,9H,6-8,10-13H2,1-4H3;5,9H,6-8,10-11H2,1-4H3;5-6H,7-8H2,1-4H3/q8*+1/b2*13-12+;;10-6+;10-9+;2*9-5+;6-5+. The third kappa shape index (κ3) is 75.5. The van der Waals surface area contributed by atoms with Gasteiger partial charge in [0.05, 0.1) is 160 Å². The van der Waals surface area contributed by atoms with Gasteiger partial charge in [0, 0.05) is 48.1 Å². The fraction of sp³-hybridized carbons (Fsp3) is 0.635. The minimum Gasteiger partial charge on any atom is -0.457 e. The molecule has 2 atom stereocenters. The molecule has 3 rings (SSSR count). The largest absolute Gasteiger partial charge is 0.457 e. The molecular weight excluding hydrogens is 1750 g/mol. The summed E-state index contributed by atoms with van der Waals surface area (Å²) < 4.78 is 49.3. The highest BCUT2D eigenvalue weighted by Gasteiger charge is 2.29. The second-order valence-electron chi connectivity index (χ2n) is 37.4. The lowest BCUT2D eigenvalue weighted by atomic mass is 10.2. The van der Waals surface area contributed by atoms with Crippen molar-refractivity contribution in [1.82, 2.24) is 0 Å². The van der Waals surface area contributed by atoms with Crippen molar-refractivity contribution in [3.8, 4) is 0 Å². The number of benzene rings is 3. The van der Waals surface area contributed by atoms with Crippen molar-refractivity contribution in [2.24, 2.45) is 0 Å². The smallest absolute Gasteiger partial charge is 0.333 e. The molecule has 0 fully saturated rings. The SMILES string of the molecule is C/C=C/C(=O)OCC[N+](C)(C)C.C/C=C/C(=O)OCC[N+](CC)(CC)CC.C/C=C/C(=O)OCC[N+](CC)(CCC)CCC.C/C=C/C(=O)OCC[N+](CC)(CCC)CCCC.C=C(C)C(=O)OCC[N+](CC)(CCC)CCCC.CCC[N+](CC)(CCC)CCOC(=O)/C=C/c1ccccc1.CC[N+](CC)(CC)CCOC(=O)/C=C/c1ccccc1.C[N+](C)(C)CCOC(=O)/C=C/c1ccccc1. The van der Waals surface area contributed by atoms with E-state index >= 15 is 0 Å². The molecule has 0 N–H and O–H groups in total. The van der Waals surface area contributed by atoms with E-state index in [1.165, 1.54) is 133 Å². The number of unbranched alkanes of at least 4 members (excludes halogenated alkanes) is 2. The monoisotopic (exact) mass is 1960 g/mol. The van der Waals surface area contributed by atoms with Crippen molar-refractivity contribution in [3.63, 3.8) is 0 Å². The number of quaternary nitrogens is 8. The molecule has 0 aliphatic rings. The highest BCUT2D eigenvalue weighted by atomic mass is 16.6. The maximum absolute atomic E-state index is 11.8. The van der Waals surface area contributed by atoms with Crippen molar-refractivity contribution in [3.05, 3.63) is 187 Å². The van der Waals surface area contributed by atoms with Gasteiger partial charge in [0.15, 0.2) is 0 Å². The number of rotatable bonds is 63. The second-order valence-corrected chi connectivity index (χ2v) is 37.4. The van der Waals surface area contributed by atoms with Crippen LogP contribution >= 0.6 is 0 Å². The number of allylic oxidation sites excluding steroid dienone is 4. The first-order chi connectivity index (χ1) is 66.2. The van der Waals surface area contributed by atoms with E-state index in [4.69, 9.17) is 37.9 Å². The Kier molecular flexibility index (Phi) is 86.5. The van der Waals surface area contributed by atoms with Crippen LogP contribution in [0.25, 0.3) is 18.2 Å². The summed E-state index contributed by atoms with van der Waals surface area (Å²) in [7, 11) is 12.4. The maximum atomic E-state index is 11.8. The number of carbonyl (C=O) groups excluding carboxylic acids is 8. The number of nitrogens with zero attached hydrogens (tertiary/aromatic N) is 8. The van der Waals surface area contributed by atoms with Gasteiger partial charge in [-0.25, -0.2) is 38.4 Å². The highest BCUT2D eigenvalue weighted by molar-refractivity contribution is 5.89. The van der Waals surface area contributed by atoms with E-state index in [9.17, 15) is 38.4 Å². The van der Waals surface area contributed by atoms with Gasteiger partial charge in [0.2, 0.25) is 0 Å². The zero-order valence-electron chi connectivity index (χ0n) is 93.7. The highest BCUT2D eigenvalue weighted by Crippen LogP contribution is 2.17. The maximum Gasteiger partial charge on any atom is 0.333 e. The first-order valence-corrected chi connectivity index (χ1v) is 52.6. The molecule has 0 radical (unpaired) electrons. The van der Waals surface area contributed by atoms with Crippen molar-refractivity contribution < 1.29 is 112 Å². The molecule has 0 heterocycles. The van der Waals surface area contributed by atoms with Crippen molar-refractivity contribution in [1.29, 1.82) is 0 Å². The Balaban J connectivity index is -0.000000495. The predicted octanol–water partition coefficient (Wildman–Crippen LogP) is 20.8. The molecule has 0 bridgehead atoms. The summed E-state index contributed by atoms with van der Waals surface area (Å²) in [5.41, 5.74) is 3.49. The fourth-order valence-corrected chi connectivity index (χ4v) is 15.4. The molecular formula is C115H206N8O16+8. The number of hydrogen-bond donors (Lipinski definition) is 0. The molecule has 0 saturated heterocycles. The molecule has 3 aromatic rings. The number of ether oxygens (including phenoxy) is 8. The summed E-state index contributed by atoms with van der Waals surface area (Å²) in [5, 5.41) is 0. The first kappa shape index (κ1) is 138. The summed E-state index contributed by atoms with van der Waals surface area (Å²) in [4.78, 5) is 90.6. The van der Waals surface area contributed by atoms with Crippen LogP contribution in [0.15, 0.2) is 170 Å². The molecule has 139 heavy (non-hydrogen) atoms. The van der Waals surface area contributed by atoms with Crippen LogP contribution in [0.1, 0.15) is 240 Å². The van der Waals surface area contributed by atoms with Crippen LogP contribution in [0, 0.1) is 0 Å². The Labute approximate surface area is 848 Å². The second kappa shape index (κ2) is 86.9. The van der Waals surface area contributed by atoms with Crippen molar-refractivity contribution in [2.45, 2.75) is 223 Å². The summed E-state index contributed by atoms with van der Waals surface area (Å²) in [6.07, 6.45) is 34.4. The van der Waals surface area contributed by atoms with Crippen LogP contribution in [0.3, 0.4) is 0 Å². The van der Waals surface area contributed by atoms with Crippen LogP contribution in [-0.4, -0.2) is 349 Å². The van der Waals surface area contributed by atoms with Crippen LogP contribution < -0.4 is 0 Å². The summed E-state index contributed by atoms with van der Waals surface area (Å²) >= 11 is 0. The summed E-state index contributed by atoms with van der Waals surface area (Å²) in [5.74, 6) is -2.03. The third-order valence-electron chi connectivity index (χ3n) is 24.9. The van der Waals surface area contributed by atoms with Gasteiger partial charge >= 0.3 is 47.8 Å². The average molecular weight is 1960 g/mol. The molecule has 3 aromatic carbocycles. The lowest BCUT2D eigenvalue weighted by Crippen LogP contribution is -2.51. The van der Waals surface area contributed by atoms with Crippen molar-refractivity contribution >= 4 is 66.0 Å². The minimum atomic E-state index is -0.290. The Bertz CT molecular complexity index is 3790. The van der Waals surface area contributed by atoms with Crippen molar-refractivity contribution in [2.75, 3.05) is 265 Å². The average Bonchev–Trinajstić information content (AvgIpc) is 0.895. The predicted molar refractivity (Wildman–Crippen MR) is 581 cm³/mol. The van der Waals surface area contributed by atoms with E-state index < -0.39 is 0 Å². The van der Waals surface area contributed by atoms with Crippen LogP contribution in [0.5, 0.6) is 0 Å². The molecule has 24 nitrogen and oxygen atoms in total. The van der Waals surface area contributed by atoms with Gasteiger partial charge in [-0.15, -0.1) is 0 Å².